The van der Waals surface area contributed by atoms with Crippen molar-refractivity contribution in [3.63, 3.8) is 0 Å². The van der Waals surface area contributed by atoms with Crippen LogP contribution in [0.5, 0.6) is 0 Å². The summed E-state index contributed by atoms with van der Waals surface area (Å²) in [5, 5.41) is 6.72. The average molecular weight is 238 g/mol. The molecule has 0 unspecified atom stereocenters. The zero-order valence-corrected chi connectivity index (χ0v) is 10.3. The van der Waals surface area contributed by atoms with Gasteiger partial charge in [0.1, 0.15) is 0 Å². The third-order valence-electron chi connectivity index (χ3n) is 2.84. The molecule has 1 amide bonds. The highest BCUT2D eigenvalue weighted by atomic mass is 16.5. The fourth-order valence-corrected chi connectivity index (χ4v) is 2.20. The molecule has 0 aromatic carbocycles. The minimum atomic E-state index is 0.0329. The van der Waals surface area contributed by atoms with E-state index in [0.29, 0.717) is 18.3 Å². The maximum atomic E-state index is 11.0. The first-order chi connectivity index (χ1) is 8.13. The first-order valence-corrected chi connectivity index (χ1v) is 5.92. The molecule has 2 heterocycles. The monoisotopic (exact) mass is 238 g/mol. The molecule has 0 aliphatic carbocycles. The Bertz CT molecular complexity index is 391. The molecular formula is C11H18N4O2. The molecule has 1 aliphatic heterocycles. The topological polar surface area (TPSA) is 71.3 Å². The Kier molecular flexibility index (Phi) is 3.73. The summed E-state index contributed by atoms with van der Waals surface area (Å²) in [6.07, 6.45) is 2.12. The number of nitrogens with one attached hydrogen (secondary N) is 1. The van der Waals surface area contributed by atoms with Gasteiger partial charge in [-0.25, -0.2) is 0 Å². The van der Waals surface area contributed by atoms with E-state index in [1.165, 1.54) is 0 Å². The van der Waals surface area contributed by atoms with Crippen LogP contribution in [0.25, 0.3) is 0 Å². The Morgan fingerprint density at radius 1 is 1.65 bits per heavy atom. The zero-order valence-electron chi connectivity index (χ0n) is 10.3. The minimum Gasteiger partial charge on any atom is -0.352 e. The summed E-state index contributed by atoms with van der Waals surface area (Å²) in [6, 6.07) is 0.241. The van der Waals surface area contributed by atoms with E-state index in [1.54, 1.807) is 6.92 Å². The number of amides is 1. The van der Waals surface area contributed by atoms with E-state index >= 15 is 0 Å². The maximum Gasteiger partial charge on any atom is 0.240 e. The summed E-state index contributed by atoms with van der Waals surface area (Å²) < 4.78 is 5.09. The van der Waals surface area contributed by atoms with Crippen molar-refractivity contribution < 1.29 is 9.32 Å². The first-order valence-electron chi connectivity index (χ1n) is 5.92. The lowest BCUT2D eigenvalue weighted by Crippen LogP contribution is -2.46. The van der Waals surface area contributed by atoms with Crippen molar-refractivity contribution >= 4 is 5.91 Å². The van der Waals surface area contributed by atoms with Gasteiger partial charge in [0.25, 0.3) is 0 Å². The largest absolute Gasteiger partial charge is 0.352 e. The lowest BCUT2D eigenvalue weighted by atomic mass is 10.1. The number of aryl methyl sites for hydroxylation is 1. The number of carbonyl (C=O) groups excluding carboxylic acids is 1. The Morgan fingerprint density at radius 2 is 2.47 bits per heavy atom. The molecule has 1 aromatic rings. The zero-order chi connectivity index (χ0) is 12.3. The van der Waals surface area contributed by atoms with Gasteiger partial charge in [-0.2, -0.15) is 4.98 Å². The second-order valence-corrected chi connectivity index (χ2v) is 4.51. The van der Waals surface area contributed by atoms with Gasteiger partial charge in [0.15, 0.2) is 5.82 Å². The molecule has 0 spiro atoms. The van der Waals surface area contributed by atoms with E-state index in [2.05, 4.69) is 20.4 Å². The fraction of sp³-hybridized carbons (Fsp3) is 0.727. The molecule has 0 saturated carbocycles. The van der Waals surface area contributed by atoms with Gasteiger partial charge < -0.3 is 9.84 Å². The minimum absolute atomic E-state index is 0.0329. The van der Waals surface area contributed by atoms with Gasteiger partial charge in [-0.3, -0.25) is 9.69 Å². The number of nitrogens with zero attached hydrogens (tertiary/aromatic N) is 3. The van der Waals surface area contributed by atoms with Gasteiger partial charge in [0, 0.05) is 19.5 Å². The van der Waals surface area contributed by atoms with Crippen molar-refractivity contribution in [3.8, 4) is 0 Å². The fourth-order valence-electron chi connectivity index (χ4n) is 2.20. The standard InChI is InChI=1S/C11H18N4O2/c1-8-12-11(17-14-8)7-15-5-3-4-10(6-15)13-9(2)16/h10H,3-7H2,1-2H3,(H,13,16)/t10-/m0/s1. The molecule has 1 atom stereocenters. The van der Waals surface area contributed by atoms with Gasteiger partial charge in [-0.1, -0.05) is 5.16 Å². The van der Waals surface area contributed by atoms with Crippen molar-refractivity contribution in [2.75, 3.05) is 13.1 Å². The summed E-state index contributed by atoms with van der Waals surface area (Å²) in [5.74, 6) is 1.34. The van der Waals surface area contributed by atoms with E-state index in [-0.39, 0.29) is 11.9 Å². The molecule has 1 N–H and O–H groups in total. The summed E-state index contributed by atoms with van der Waals surface area (Å²) >= 11 is 0. The molecule has 1 aliphatic rings. The number of carbonyl (C=O) groups is 1. The molecule has 1 aromatic heterocycles. The Morgan fingerprint density at radius 3 is 3.12 bits per heavy atom. The van der Waals surface area contributed by atoms with E-state index in [1.807, 2.05) is 6.92 Å². The summed E-state index contributed by atoms with van der Waals surface area (Å²) in [5.41, 5.74) is 0. The summed E-state index contributed by atoms with van der Waals surface area (Å²) in [4.78, 5) is 17.4. The SMILES string of the molecule is CC(=O)N[C@H]1CCCN(Cc2nc(C)no2)C1. The lowest BCUT2D eigenvalue weighted by molar-refractivity contribution is -0.120. The van der Waals surface area contributed by atoms with Crippen molar-refractivity contribution in [3.05, 3.63) is 11.7 Å². The van der Waals surface area contributed by atoms with Crippen LogP contribution in [0, 0.1) is 6.92 Å². The normalized spacial score (nSPS) is 21.4. The van der Waals surface area contributed by atoms with Crippen molar-refractivity contribution in [1.29, 1.82) is 0 Å². The molecule has 6 heteroatoms. The van der Waals surface area contributed by atoms with Gasteiger partial charge in [-0.05, 0) is 26.3 Å². The quantitative estimate of drug-likeness (QED) is 0.829. The molecule has 17 heavy (non-hydrogen) atoms. The van der Waals surface area contributed by atoms with Crippen LogP contribution in [0.3, 0.4) is 0 Å². The van der Waals surface area contributed by atoms with E-state index in [4.69, 9.17) is 4.52 Å². The molecule has 0 radical (unpaired) electrons. The second-order valence-electron chi connectivity index (χ2n) is 4.51. The Hall–Kier alpha value is -1.43. The number of rotatable bonds is 3. The molecule has 0 bridgehead atoms. The molecule has 6 nitrogen and oxygen atoms in total. The number of likely N-dealkylation sites (tertiary alicyclic amines) is 1. The van der Waals surface area contributed by atoms with E-state index in [9.17, 15) is 4.79 Å². The molecular weight excluding hydrogens is 220 g/mol. The highest BCUT2D eigenvalue weighted by Crippen LogP contribution is 2.12. The van der Waals surface area contributed by atoms with Crippen LogP contribution >= 0.6 is 0 Å². The van der Waals surface area contributed by atoms with Crippen LogP contribution in [0.1, 0.15) is 31.5 Å². The molecule has 1 saturated heterocycles. The van der Waals surface area contributed by atoms with Crippen LogP contribution < -0.4 is 5.32 Å². The number of hydrogen-bond donors (Lipinski definition) is 1. The van der Waals surface area contributed by atoms with Gasteiger partial charge >= 0.3 is 0 Å². The average Bonchev–Trinajstić information content (AvgIpc) is 2.63. The number of piperidine rings is 1. The van der Waals surface area contributed by atoms with Crippen LogP contribution in [-0.4, -0.2) is 40.1 Å². The molecule has 2 rings (SSSR count). The number of aromatic nitrogens is 2. The molecule has 94 valence electrons. The van der Waals surface area contributed by atoms with Crippen LogP contribution in [-0.2, 0) is 11.3 Å². The smallest absolute Gasteiger partial charge is 0.240 e. The number of hydrogen-bond acceptors (Lipinski definition) is 5. The summed E-state index contributed by atoms with van der Waals surface area (Å²) in [7, 11) is 0. The second kappa shape index (κ2) is 5.27. The summed E-state index contributed by atoms with van der Waals surface area (Å²) in [6.45, 7) is 5.89. The van der Waals surface area contributed by atoms with Crippen molar-refractivity contribution in [2.24, 2.45) is 0 Å². The van der Waals surface area contributed by atoms with Crippen molar-refractivity contribution in [1.82, 2.24) is 20.4 Å². The first kappa shape index (κ1) is 12.0. The van der Waals surface area contributed by atoms with Crippen LogP contribution in [0.15, 0.2) is 4.52 Å². The maximum absolute atomic E-state index is 11.0. The van der Waals surface area contributed by atoms with Crippen LogP contribution in [0.4, 0.5) is 0 Å². The Labute approximate surface area is 100 Å². The predicted molar refractivity (Wildman–Crippen MR) is 61.2 cm³/mol. The lowest BCUT2D eigenvalue weighted by Gasteiger charge is -2.31. The molecule has 1 fully saturated rings. The van der Waals surface area contributed by atoms with Crippen LogP contribution in [0.2, 0.25) is 0 Å². The highest BCUT2D eigenvalue weighted by molar-refractivity contribution is 5.73. The van der Waals surface area contributed by atoms with Gasteiger partial charge in [0.2, 0.25) is 11.8 Å². The van der Waals surface area contributed by atoms with Crippen molar-refractivity contribution in [2.45, 2.75) is 39.3 Å². The van der Waals surface area contributed by atoms with E-state index < -0.39 is 0 Å². The third-order valence-corrected chi connectivity index (χ3v) is 2.84. The van der Waals surface area contributed by atoms with E-state index in [0.717, 1.165) is 25.9 Å². The predicted octanol–water partition coefficient (Wildman–Crippen LogP) is 0.479. The third kappa shape index (κ3) is 3.52. The van der Waals surface area contributed by atoms with Gasteiger partial charge in [0.05, 0.1) is 6.54 Å². The van der Waals surface area contributed by atoms with Gasteiger partial charge in [-0.15, -0.1) is 0 Å². The highest BCUT2D eigenvalue weighted by Gasteiger charge is 2.21. The Balaban J connectivity index is 1.87.